The van der Waals surface area contributed by atoms with Crippen LogP contribution in [0.3, 0.4) is 0 Å². The van der Waals surface area contributed by atoms with Gasteiger partial charge >= 0.3 is 5.97 Å². The lowest BCUT2D eigenvalue weighted by molar-refractivity contribution is -0.277. The molecule has 3 rings (SSSR count). The lowest BCUT2D eigenvalue weighted by atomic mass is 9.99. The minimum atomic E-state index is -1.63. The zero-order valence-electron chi connectivity index (χ0n) is 18.1. The number of esters is 1. The maximum atomic E-state index is 12.2. The standard InChI is InChI=1S/C23H26O11/c1-31-17-8-12(2-5-15(17)26)3-7-19(27)32-11-13-9-14(25)4-6-16(13)33-23-22(30)21(29)20(28)18(10-24)34-23/h2-9,18,20-26,28-30H,10-11H2,1H3/b7-3+/t18-,20-,21+,22-,23-/m1/s1. The van der Waals surface area contributed by atoms with Crippen LogP contribution in [-0.4, -0.2) is 81.0 Å². The molecular formula is C23H26O11. The smallest absolute Gasteiger partial charge is 0.331 e. The summed E-state index contributed by atoms with van der Waals surface area (Å²) in [5.74, 6) is -0.585. The molecular weight excluding hydrogens is 452 g/mol. The molecule has 1 aliphatic rings. The third-order valence-electron chi connectivity index (χ3n) is 5.12. The van der Waals surface area contributed by atoms with E-state index in [1.807, 2.05) is 0 Å². The van der Waals surface area contributed by atoms with E-state index in [4.69, 9.17) is 18.9 Å². The molecule has 5 atom stereocenters. The summed E-state index contributed by atoms with van der Waals surface area (Å²) in [7, 11) is 1.40. The molecule has 0 spiro atoms. The summed E-state index contributed by atoms with van der Waals surface area (Å²) in [4.78, 5) is 12.2. The van der Waals surface area contributed by atoms with Crippen molar-refractivity contribution < 1.29 is 54.4 Å². The summed E-state index contributed by atoms with van der Waals surface area (Å²) < 4.78 is 21.1. The number of rotatable bonds is 8. The summed E-state index contributed by atoms with van der Waals surface area (Å²) in [6, 6.07) is 8.44. The predicted molar refractivity (Wildman–Crippen MR) is 116 cm³/mol. The maximum Gasteiger partial charge on any atom is 0.331 e. The van der Waals surface area contributed by atoms with Gasteiger partial charge in [0, 0.05) is 11.6 Å². The first-order valence-electron chi connectivity index (χ1n) is 10.2. The Labute approximate surface area is 194 Å². The molecule has 0 amide bonds. The molecule has 2 aromatic rings. The topological polar surface area (TPSA) is 175 Å². The van der Waals surface area contributed by atoms with Crippen LogP contribution >= 0.6 is 0 Å². The number of ether oxygens (including phenoxy) is 4. The van der Waals surface area contributed by atoms with Gasteiger partial charge in [-0.2, -0.15) is 0 Å². The van der Waals surface area contributed by atoms with Crippen LogP contribution in [0.4, 0.5) is 0 Å². The van der Waals surface area contributed by atoms with Gasteiger partial charge in [-0.05, 0) is 42.0 Å². The van der Waals surface area contributed by atoms with Crippen molar-refractivity contribution in [3.63, 3.8) is 0 Å². The number of carbonyl (C=O) groups excluding carboxylic acids is 1. The third kappa shape index (κ3) is 5.95. The number of methoxy groups -OCH3 is 1. The van der Waals surface area contributed by atoms with Gasteiger partial charge in [0.2, 0.25) is 6.29 Å². The molecule has 0 unspecified atom stereocenters. The molecule has 0 bridgehead atoms. The highest BCUT2D eigenvalue weighted by molar-refractivity contribution is 5.87. The second-order valence-electron chi connectivity index (χ2n) is 7.48. The number of hydrogen-bond acceptors (Lipinski definition) is 11. The van der Waals surface area contributed by atoms with Crippen molar-refractivity contribution in [3.8, 4) is 23.0 Å². The highest BCUT2D eigenvalue weighted by Crippen LogP contribution is 2.30. The van der Waals surface area contributed by atoms with Gasteiger partial charge in [-0.1, -0.05) is 6.07 Å². The number of phenolic OH excluding ortho intramolecular Hbond substituents is 2. The first-order chi connectivity index (χ1) is 16.2. The van der Waals surface area contributed by atoms with Crippen LogP contribution in [0.15, 0.2) is 42.5 Å². The molecule has 2 aromatic carbocycles. The average Bonchev–Trinajstić information content (AvgIpc) is 2.83. The number of hydrogen-bond donors (Lipinski definition) is 6. The van der Waals surface area contributed by atoms with Gasteiger partial charge in [0.05, 0.1) is 13.7 Å². The van der Waals surface area contributed by atoms with Gasteiger partial charge in [0.1, 0.15) is 42.5 Å². The fourth-order valence-corrected chi connectivity index (χ4v) is 3.24. The van der Waals surface area contributed by atoms with Crippen molar-refractivity contribution in [3.05, 3.63) is 53.6 Å². The molecule has 11 heteroatoms. The van der Waals surface area contributed by atoms with Gasteiger partial charge in [0.15, 0.2) is 11.5 Å². The molecule has 0 aromatic heterocycles. The zero-order valence-corrected chi connectivity index (χ0v) is 18.1. The minimum Gasteiger partial charge on any atom is -0.508 e. The average molecular weight is 478 g/mol. The monoisotopic (exact) mass is 478 g/mol. The summed E-state index contributed by atoms with van der Waals surface area (Å²) in [6.07, 6.45) is -4.79. The van der Waals surface area contributed by atoms with E-state index in [9.17, 15) is 35.4 Å². The molecule has 0 saturated carbocycles. The Morgan fingerprint density at radius 3 is 2.50 bits per heavy atom. The van der Waals surface area contributed by atoms with Crippen LogP contribution in [0.5, 0.6) is 23.0 Å². The van der Waals surface area contributed by atoms with Crippen molar-refractivity contribution in [2.24, 2.45) is 0 Å². The predicted octanol–water partition coefficient (Wildman–Crippen LogP) is 0.0417. The number of aliphatic hydroxyl groups is 4. The second-order valence-corrected chi connectivity index (χ2v) is 7.48. The SMILES string of the molecule is COc1cc(/C=C/C(=O)OCc2cc(O)ccc2O[C@@H]2O[C@H](CO)[C@@H](O)[C@H](O)[C@H]2O)ccc1O. The normalized spacial score (nSPS) is 24.7. The molecule has 0 radical (unpaired) electrons. The van der Waals surface area contributed by atoms with Crippen molar-refractivity contribution in [1.82, 2.24) is 0 Å². The fraction of sp³-hybridized carbons (Fsp3) is 0.348. The van der Waals surface area contributed by atoms with E-state index in [0.29, 0.717) is 5.56 Å². The maximum absolute atomic E-state index is 12.2. The number of carbonyl (C=O) groups is 1. The summed E-state index contributed by atoms with van der Waals surface area (Å²) >= 11 is 0. The van der Waals surface area contributed by atoms with Crippen molar-refractivity contribution in [1.29, 1.82) is 0 Å². The number of aliphatic hydroxyl groups excluding tert-OH is 4. The van der Waals surface area contributed by atoms with Crippen molar-refractivity contribution in [2.75, 3.05) is 13.7 Å². The Kier molecular flexibility index (Phi) is 8.31. The zero-order chi connectivity index (χ0) is 24.8. The second kappa shape index (κ2) is 11.2. The Bertz CT molecular complexity index is 1020. The van der Waals surface area contributed by atoms with Crippen LogP contribution in [0, 0.1) is 0 Å². The molecule has 0 aliphatic carbocycles. The molecule has 1 heterocycles. The highest BCUT2D eigenvalue weighted by atomic mass is 16.7. The lowest BCUT2D eigenvalue weighted by Crippen LogP contribution is -2.60. The van der Waals surface area contributed by atoms with Crippen LogP contribution < -0.4 is 9.47 Å². The number of phenols is 2. The fourth-order valence-electron chi connectivity index (χ4n) is 3.24. The number of benzene rings is 2. The van der Waals surface area contributed by atoms with Gasteiger partial charge in [-0.3, -0.25) is 0 Å². The van der Waals surface area contributed by atoms with Crippen LogP contribution in [0.2, 0.25) is 0 Å². The Morgan fingerprint density at radius 1 is 1.03 bits per heavy atom. The van der Waals surface area contributed by atoms with Gasteiger partial charge < -0.3 is 49.6 Å². The summed E-state index contributed by atoms with van der Waals surface area (Å²) in [5.41, 5.74) is 0.806. The quantitative estimate of drug-likeness (QED) is 0.223. The van der Waals surface area contributed by atoms with Crippen molar-refractivity contribution >= 4 is 12.0 Å². The molecule has 184 valence electrons. The molecule has 11 nitrogen and oxygen atoms in total. The molecule has 6 N–H and O–H groups in total. The van der Waals surface area contributed by atoms with Crippen molar-refractivity contribution in [2.45, 2.75) is 37.3 Å². The van der Waals surface area contributed by atoms with Crippen LogP contribution in [-0.2, 0) is 20.9 Å². The third-order valence-corrected chi connectivity index (χ3v) is 5.12. The Hall–Kier alpha value is -3.35. The minimum absolute atomic E-state index is 0.0435. The molecule has 1 saturated heterocycles. The van der Waals surface area contributed by atoms with Gasteiger partial charge in [-0.15, -0.1) is 0 Å². The van der Waals surface area contributed by atoms with Gasteiger partial charge in [0.25, 0.3) is 0 Å². The van der Waals surface area contributed by atoms with E-state index in [-0.39, 0.29) is 35.2 Å². The van der Waals surface area contributed by atoms with E-state index in [1.165, 1.54) is 43.5 Å². The van der Waals surface area contributed by atoms with Crippen LogP contribution in [0.1, 0.15) is 11.1 Å². The summed E-state index contributed by atoms with van der Waals surface area (Å²) in [6.45, 7) is -0.937. The molecule has 1 fully saturated rings. The molecule has 34 heavy (non-hydrogen) atoms. The van der Waals surface area contributed by atoms with Crippen LogP contribution in [0.25, 0.3) is 6.08 Å². The molecule has 1 aliphatic heterocycles. The van der Waals surface area contributed by atoms with Gasteiger partial charge in [-0.25, -0.2) is 4.79 Å². The first kappa shape index (κ1) is 25.3. The Morgan fingerprint density at radius 2 is 1.79 bits per heavy atom. The van der Waals surface area contributed by atoms with E-state index in [1.54, 1.807) is 6.07 Å². The first-order valence-corrected chi connectivity index (χ1v) is 10.2. The van der Waals surface area contributed by atoms with E-state index < -0.39 is 43.3 Å². The lowest BCUT2D eigenvalue weighted by Gasteiger charge is -2.39. The largest absolute Gasteiger partial charge is 0.508 e. The summed E-state index contributed by atoms with van der Waals surface area (Å²) in [5, 5.41) is 58.7. The highest BCUT2D eigenvalue weighted by Gasteiger charge is 2.44. The van der Waals surface area contributed by atoms with E-state index in [0.717, 1.165) is 6.08 Å². The van der Waals surface area contributed by atoms with E-state index >= 15 is 0 Å². The number of aromatic hydroxyl groups is 2. The Balaban J connectivity index is 1.67. The van der Waals surface area contributed by atoms with E-state index in [2.05, 4.69) is 0 Å².